The summed E-state index contributed by atoms with van der Waals surface area (Å²) >= 11 is 0. The Bertz CT molecular complexity index is 829. The highest BCUT2D eigenvalue weighted by Crippen LogP contribution is 2.26. The molecule has 0 atom stereocenters. The fourth-order valence-corrected chi connectivity index (χ4v) is 3.37. The van der Waals surface area contributed by atoms with Gasteiger partial charge in [-0.05, 0) is 43.5 Å². The van der Waals surface area contributed by atoms with E-state index in [4.69, 9.17) is 4.74 Å². The Morgan fingerprint density at radius 2 is 1.85 bits per heavy atom. The third kappa shape index (κ3) is 4.64. The number of ether oxygens (including phenoxy) is 1. The highest BCUT2D eigenvalue weighted by molar-refractivity contribution is 6.06. The van der Waals surface area contributed by atoms with Crippen LogP contribution in [-0.2, 0) is 4.79 Å². The van der Waals surface area contributed by atoms with Crippen molar-refractivity contribution in [1.82, 2.24) is 4.98 Å². The molecule has 1 aromatic heterocycles. The number of pyridine rings is 1. The lowest BCUT2D eigenvalue weighted by atomic mass is 9.89. The molecule has 1 aromatic carbocycles. The van der Waals surface area contributed by atoms with Gasteiger partial charge >= 0.3 is 0 Å². The first-order valence-corrected chi connectivity index (χ1v) is 9.30. The lowest BCUT2D eigenvalue weighted by molar-refractivity contribution is -0.120. The molecule has 1 aliphatic rings. The summed E-state index contributed by atoms with van der Waals surface area (Å²) < 4.78 is 5.23. The number of anilines is 2. The van der Waals surface area contributed by atoms with Gasteiger partial charge in [0.15, 0.2) is 0 Å². The average Bonchev–Trinajstić information content (AvgIpc) is 2.70. The highest BCUT2D eigenvalue weighted by Gasteiger charge is 2.21. The van der Waals surface area contributed by atoms with Crippen LogP contribution in [0.4, 0.5) is 11.5 Å². The number of methoxy groups -OCH3 is 1. The van der Waals surface area contributed by atoms with Gasteiger partial charge in [0.2, 0.25) is 5.91 Å². The molecule has 0 spiro atoms. The smallest absolute Gasteiger partial charge is 0.259 e. The number of hydrogen-bond donors (Lipinski definition) is 2. The van der Waals surface area contributed by atoms with Crippen molar-refractivity contribution < 1.29 is 14.3 Å². The molecule has 1 aliphatic carbocycles. The predicted octanol–water partition coefficient (Wildman–Crippen LogP) is 4.17. The maximum atomic E-state index is 12.5. The van der Waals surface area contributed by atoms with Gasteiger partial charge in [-0.2, -0.15) is 0 Å². The summed E-state index contributed by atoms with van der Waals surface area (Å²) in [5.74, 6) is 0.866. The number of benzene rings is 1. The lowest BCUT2D eigenvalue weighted by Crippen LogP contribution is -2.25. The number of aromatic nitrogens is 1. The summed E-state index contributed by atoms with van der Waals surface area (Å²) in [4.78, 5) is 29.2. The summed E-state index contributed by atoms with van der Waals surface area (Å²) in [5.41, 5.74) is 1.88. The molecule has 1 fully saturated rings. The van der Waals surface area contributed by atoms with Gasteiger partial charge in [0.1, 0.15) is 11.6 Å². The van der Waals surface area contributed by atoms with E-state index in [2.05, 4.69) is 15.6 Å². The van der Waals surface area contributed by atoms with Crippen LogP contribution in [0.3, 0.4) is 0 Å². The standard InChI is InChI=1S/C21H25N3O3/c1-14-12-19(24-20(25)15-8-4-3-5-9-15)22-13-17(14)23-21(26)16-10-6-7-11-18(16)27-2/h6-7,10-13,15H,3-5,8-9H2,1-2H3,(H,23,26)(H,22,24,25). The molecule has 27 heavy (non-hydrogen) atoms. The summed E-state index contributed by atoms with van der Waals surface area (Å²) in [6, 6.07) is 8.82. The van der Waals surface area contributed by atoms with Crippen LogP contribution in [0.1, 0.15) is 48.0 Å². The Balaban J connectivity index is 1.67. The second kappa shape index (κ2) is 8.66. The lowest BCUT2D eigenvalue weighted by Gasteiger charge is -2.20. The van der Waals surface area contributed by atoms with Crippen LogP contribution < -0.4 is 15.4 Å². The van der Waals surface area contributed by atoms with E-state index in [1.54, 1.807) is 30.5 Å². The molecule has 142 valence electrons. The van der Waals surface area contributed by atoms with Crippen LogP contribution >= 0.6 is 0 Å². The number of carbonyl (C=O) groups excluding carboxylic acids is 2. The molecule has 2 N–H and O–H groups in total. The molecule has 0 unspecified atom stereocenters. The number of rotatable bonds is 5. The largest absolute Gasteiger partial charge is 0.496 e. The second-order valence-corrected chi connectivity index (χ2v) is 6.86. The van der Waals surface area contributed by atoms with Crippen molar-refractivity contribution in [3.63, 3.8) is 0 Å². The number of nitrogens with zero attached hydrogens (tertiary/aromatic N) is 1. The van der Waals surface area contributed by atoms with Crippen LogP contribution in [0, 0.1) is 12.8 Å². The van der Waals surface area contributed by atoms with Crippen molar-refractivity contribution in [2.45, 2.75) is 39.0 Å². The maximum Gasteiger partial charge on any atom is 0.259 e. The topological polar surface area (TPSA) is 80.3 Å². The van der Waals surface area contributed by atoms with Crippen LogP contribution in [0.15, 0.2) is 36.5 Å². The van der Waals surface area contributed by atoms with E-state index < -0.39 is 0 Å². The van der Waals surface area contributed by atoms with Crippen LogP contribution in [0.5, 0.6) is 5.75 Å². The minimum Gasteiger partial charge on any atom is -0.496 e. The molecule has 6 heteroatoms. The van der Waals surface area contributed by atoms with Gasteiger partial charge in [0.05, 0.1) is 24.6 Å². The average molecular weight is 367 g/mol. The van der Waals surface area contributed by atoms with E-state index >= 15 is 0 Å². The number of nitrogens with one attached hydrogen (secondary N) is 2. The Labute approximate surface area is 159 Å². The van der Waals surface area contributed by atoms with Crippen molar-refractivity contribution >= 4 is 23.3 Å². The molecule has 0 bridgehead atoms. The molecule has 2 aromatic rings. The van der Waals surface area contributed by atoms with E-state index in [0.29, 0.717) is 22.8 Å². The van der Waals surface area contributed by atoms with Crippen molar-refractivity contribution in [1.29, 1.82) is 0 Å². The molecule has 6 nitrogen and oxygen atoms in total. The minimum atomic E-state index is -0.267. The Morgan fingerprint density at radius 3 is 2.56 bits per heavy atom. The zero-order valence-corrected chi connectivity index (χ0v) is 15.7. The third-order valence-electron chi connectivity index (χ3n) is 4.94. The van der Waals surface area contributed by atoms with E-state index in [-0.39, 0.29) is 17.7 Å². The Hall–Kier alpha value is -2.89. The molecular weight excluding hydrogens is 342 g/mol. The maximum absolute atomic E-state index is 12.5. The van der Waals surface area contributed by atoms with E-state index in [0.717, 1.165) is 31.2 Å². The molecule has 1 heterocycles. The Kier molecular flexibility index (Phi) is 6.06. The van der Waals surface area contributed by atoms with Gasteiger partial charge in [0.25, 0.3) is 5.91 Å². The van der Waals surface area contributed by atoms with Gasteiger partial charge in [0, 0.05) is 5.92 Å². The van der Waals surface area contributed by atoms with E-state index in [1.807, 2.05) is 13.0 Å². The Morgan fingerprint density at radius 1 is 1.11 bits per heavy atom. The monoisotopic (exact) mass is 367 g/mol. The first-order valence-electron chi connectivity index (χ1n) is 9.30. The molecular formula is C21H25N3O3. The van der Waals surface area contributed by atoms with Crippen molar-refractivity contribution in [3.05, 3.63) is 47.7 Å². The van der Waals surface area contributed by atoms with Gasteiger partial charge in [-0.1, -0.05) is 31.4 Å². The third-order valence-corrected chi connectivity index (χ3v) is 4.94. The van der Waals surface area contributed by atoms with E-state index in [9.17, 15) is 9.59 Å². The molecule has 3 rings (SSSR count). The summed E-state index contributed by atoms with van der Waals surface area (Å²) in [6.45, 7) is 1.87. The first-order chi connectivity index (χ1) is 13.1. The number of amides is 2. The molecule has 2 amide bonds. The zero-order chi connectivity index (χ0) is 19.2. The van der Waals surface area contributed by atoms with Crippen molar-refractivity contribution in [2.24, 2.45) is 5.92 Å². The van der Waals surface area contributed by atoms with Gasteiger partial charge in [-0.15, -0.1) is 0 Å². The highest BCUT2D eigenvalue weighted by atomic mass is 16.5. The molecule has 0 radical (unpaired) electrons. The zero-order valence-electron chi connectivity index (χ0n) is 15.7. The van der Waals surface area contributed by atoms with Gasteiger partial charge in [-0.25, -0.2) is 4.98 Å². The second-order valence-electron chi connectivity index (χ2n) is 6.86. The van der Waals surface area contributed by atoms with Crippen LogP contribution in [0.2, 0.25) is 0 Å². The van der Waals surface area contributed by atoms with Crippen LogP contribution in [0.25, 0.3) is 0 Å². The summed E-state index contributed by atoms with van der Waals surface area (Å²) in [6.07, 6.45) is 6.88. The van der Waals surface area contributed by atoms with E-state index in [1.165, 1.54) is 13.5 Å². The van der Waals surface area contributed by atoms with Gasteiger partial charge in [-0.3, -0.25) is 9.59 Å². The molecule has 1 saturated carbocycles. The quantitative estimate of drug-likeness (QED) is 0.831. The number of para-hydroxylation sites is 1. The number of hydrogen-bond acceptors (Lipinski definition) is 4. The summed E-state index contributed by atoms with van der Waals surface area (Å²) in [5, 5.41) is 5.75. The molecule has 0 aliphatic heterocycles. The fraction of sp³-hybridized carbons (Fsp3) is 0.381. The summed E-state index contributed by atoms with van der Waals surface area (Å²) in [7, 11) is 1.53. The van der Waals surface area contributed by atoms with Crippen molar-refractivity contribution in [2.75, 3.05) is 17.7 Å². The van der Waals surface area contributed by atoms with Gasteiger partial charge < -0.3 is 15.4 Å². The number of carbonyl (C=O) groups is 2. The normalized spacial score (nSPS) is 14.4. The number of aryl methyl sites for hydroxylation is 1. The van der Waals surface area contributed by atoms with Crippen molar-refractivity contribution in [3.8, 4) is 5.75 Å². The minimum absolute atomic E-state index is 0.0346. The molecule has 0 saturated heterocycles. The predicted molar refractivity (Wildman–Crippen MR) is 105 cm³/mol. The first kappa shape index (κ1) is 18.9. The SMILES string of the molecule is COc1ccccc1C(=O)Nc1cnc(NC(=O)C2CCCCC2)cc1C. The fourth-order valence-electron chi connectivity index (χ4n) is 3.37. The van der Waals surface area contributed by atoms with Crippen LogP contribution in [-0.4, -0.2) is 23.9 Å².